The molecular formula is C28H28N6O2. The number of hydrogen-bond donors (Lipinski definition) is 2. The number of aromatic nitrogens is 3. The normalized spacial score (nSPS) is 10.8. The largest absolute Gasteiger partial charge is 0.321 e. The highest BCUT2D eigenvalue weighted by Crippen LogP contribution is 2.20. The first-order valence-electron chi connectivity index (χ1n) is 11.7. The summed E-state index contributed by atoms with van der Waals surface area (Å²) in [5, 5.41) is 5.66. The van der Waals surface area contributed by atoms with Crippen LogP contribution in [0, 0.1) is 0 Å². The van der Waals surface area contributed by atoms with Gasteiger partial charge in [-0.2, -0.15) is 0 Å². The van der Waals surface area contributed by atoms with Crippen molar-refractivity contribution in [2.24, 2.45) is 0 Å². The number of benzene rings is 2. The molecule has 0 saturated heterocycles. The van der Waals surface area contributed by atoms with Gasteiger partial charge in [0.1, 0.15) is 5.69 Å². The molecule has 0 radical (unpaired) electrons. The average molecular weight is 481 g/mol. The van der Waals surface area contributed by atoms with E-state index in [4.69, 9.17) is 4.98 Å². The molecule has 2 N–H and O–H groups in total. The van der Waals surface area contributed by atoms with E-state index < -0.39 is 5.91 Å². The first kappa shape index (κ1) is 24.7. The Kier molecular flexibility index (Phi) is 8.10. The topological polar surface area (TPSA) is 100 Å². The first-order valence-corrected chi connectivity index (χ1v) is 11.7. The van der Waals surface area contributed by atoms with Crippen LogP contribution in [0.15, 0.2) is 85.2 Å². The zero-order valence-corrected chi connectivity index (χ0v) is 20.3. The summed E-state index contributed by atoms with van der Waals surface area (Å²) in [5.41, 5.74) is 3.15. The Hall–Kier alpha value is -4.43. The van der Waals surface area contributed by atoms with Crippen molar-refractivity contribution in [3.05, 3.63) is 102 Å². The van der Waals surface area contributed by atoms with Gasteiger partial charge in [0.15, 0.2) is 5.82 Å². The Morgan fingerprint density at radius 2 is 1.64 bits per heavy atom. The Morgan fingerprint density at radius 1 is 0.861 bits per heavy atom. The molecule has 2 amide bonds. The maximum absolute atomic E-state index is 13.3. The number of para-hydroxylation sites is 1. The van der Waals surface area contributed by atoms with Gasteiger partial charge in [-0.05, 0) is 63.8 Å². The lowest BCUT2D eigenvalue weighted by atomic mass is 10.1. The van der Waals surface area contributed by atoms with E-state index in [0.29, 0.717) is 29.2 Å². The van der Waals surface area contributed by atoms with Crippen LogP contribution in [0.4, 0.5) is 11.4 Å². The molecule has 2 aromatic carbocycles. The van der Waals surface area contributed by atoms with Crippen molar-refractivity contribution in [2.45, 2.75) is 12.8 Å². The van der Waals surface area contributed by atoms with Gasteiger partial charge in [0.05, 0.1) is 23.1 Å². The molecule has 8 heteroatoms. The number of anilines is 2. The van der Waals surface area contributed by atoms with E-state index >= 15 is 0 Å². The van der Waals surface area contributed by atoms with E-state index in [1.807, 2.05) is 44.4 Å². The van der Waals surface area contributed by atoms with Gasteiger partial charge in [-0.25, -0.2) is 9.97 Å². The van der Waals surface area contributed by atoms with Gasteiger partial charge >= 0.3 is 0 Å². The van der Waals surface area contributed by atoms with Crippen molar-refractivity contribution in [3.8, 4) is 11.4 Å². The summed E-state index contributed by atoms with van der Waals surface area (Å²) in [5.74, 6) is -0.272. The summed E-state index contributed by atoms with van der Waals surface area (Å²) in [6.45, 7) is 0.908. The number of rotatable bonds is 9. The number of amides is 2. The van der Waals surface area contributed by atoms with Crippen LogP contribution in [-0.4, -0.2) is 52.3 Å². The lowest BCUT2D eigenvalue weighted by molar-refractivity contribution is 0.102. The fourth-order valence-corrected chi connectivity index (χ4v) is 3.65. The summed E-state index contributed by atoms with van der Waals surface area (Å²) in [6.07, 6.45) is 4.80. The molecule has 0 spiro atoms. The quantitative estimate of drug-likeness (QED) is 0.365. The zero-order chi connectivity index (χ0) is 25.3. The number of hydrogen-bond acceptors (Lipinski definition) is 6. The van der Waals surface area contributed by atoms with Crippen molar-refractivity contribution < 1.29 is 9.59 Å². The van der Waals surface area contributed by atoms with Gasteiger partial charge in [-0.3, -0.25) is 14.6 Å². The Labute approximate surface area is 210 Å². The Balaban J connectivity index is 1.59. The lowest BCUT2D eigenvalue weighted by Crippen LogP contribution is -2.20. The maximum atomic E-state index is 13.3. The zero-order valence-electron chi connectivity index (χ0n) is 20.3. The highest BCUT2D eigenvalue weighted by atomic mass is 16.2. The molecule has 0 aliphatic carbocycles. The van der Waals surface area contributed by atoms with E-state index in [1.54, 1.807) is 54.9 Å². The molecule has 0 aliphatic heterocycles. The van der Waals surface area contributed by atoms with E-state index in [9.17, 15) is 9.59 Å². The molecule has 0 aliphatic rings. The highest BCUT2D eigenvalue weighted by molar-refractivity contribution is 6.12. The molecule has 36 heavy (non-hydrogen) atoms. The molecule has 0 bridgehead atoms. The van der Waals surface area contributed by atoms with Crippen molar-refractivity contribution in [2.75, 3.05) is 31.3 Å². The van der Waals surface area contributed by atoms with Crippen LogP contribution >= 0.6 is 0 Å². The molecule has 0 unspecified atom stereocenters. The second kappa shape index (κ2) is 11.8. The standard InChI is InChI=1S/C28H28N6O2/c1-34(2)17-9-13-21-18-25(32-26(30-21)20-10-4-3-5-11-20)28(36)33-24-15-7-6-14-23(24)27(35)31-22-12-8-16-29-19-22/h3-8,10-12,14-16,18-19H,9,13,17H2,1-2H3,(H,31,35)(H,33,36). The van der Waals surface area contributed by atoms with Crippen molar-refractivity contribution in [1.29, 1.82) is 0 Å². The molecule has 0 saturated carbocycles. The molecule has 2 heterocycles. The molecule has 4 aromatic rings. The Bertz CT molecular complexity index is 1330. The van der Waals surface area contributed by atoms with Crippen LogP contribution in [0.3, 0.4) is 0 Å². The Morgan fingerprint density at radius 3 is 2.39 bits per heavy atom. The van der Waals surface area contributed by atoms with Crippen LogP contribution in [0.1, 0.15) is 33.0 Å². The predicted octanol–water partition coefficient (Wildman–Crippen LogP) is 4.54. The predicted molar refractivity (Wildman–Crippen MR) is 141 cm³/mol. The number of nitrogens with one attached hydrogen (secondary N) is 2. The third kappa shape index (κ3) is 6.58. The van der Waals surface area contributed by atoms with Crippen LogP contribution in [0.5, 0.6) is 0 Å². The fourth-order valence-electron chi connectivity index (χ4n) is 3.65. The summed E-state index contributed by atoms with van der Waals surface area (Å²) in [6, 6.07) is 21.6. The number of carbonyl (C=O) groups excluding carboxylic acids is 2. The van der Waals surface area contributed by atoms with Crippen LogP contribution < -0.4 is 10.6 Å². The number of pyridine rings is 1. The molecule has 0 fully saturated rings. The summed E-state index contributed by atoms with van der Waals surface area (Å²) in [7, 11) is 4.05. The summed E-state index contributed by atoms with van der Waals surface area (Å²) >= 11 is 0. The summed E-state index contributed by atoms with van der Waals surface area (Å²) < 4.78 is 0. The highest BCUT2D eigenvalue weighted by Gasteiger charge is 2.17. The monoisotopic (exact) mass is 480 g/mol. The van der Waals surface area contributed by atoms with E-state index in [-0.39, 0.29) is 11.6 Å². The lowest BCUT2D eigenvalue weighted by Gasteiger charge is -2.13. The number of nitrogens with zero attached hydrogens (tertiary/aromatic N) is 4. The van der Waals surface area contributed by atoms with Crippen LogP contribution in [0.2, 0.25) is 0 Å². The minimum Gasteiger partial charge on any atom is -0.321 e. The molecule has 8 nitrogen and oxygen atoms in total. The number of carbonyl (C=O) groups is 2. The van der Waals surface area contributed by atoms with Gasteiger partial charge in [-0.1, -0.05) is 42.5 Å². The van der Waals surface area contributed by atoms with Crippen molar-refractivity contribution in [3.63, 3.8) is 0 Å². The van der Waals surface area contributed by atoms with Gasteiger partial charge in [-0.15, -0.1) is 0 Å². The van der Waals surface area contributed by atoms with Gasteiger partial charge < -0.3 is 15.5 Å². The third-order valence-electron chi connectivity index (χ3n) is 5.42. The first-order chi connectivity index (χ1) is 17.5. The van der Waals surface area contributed by atoms with E-state index in [1.165, 1.54) is 0 Å². The summed E-state index contributed by atoms with van der Waals surface area (Å²) in [4.78, 5) is 41.6. The third-order valence-corrected chi connectivity index (χ3v) is 5.42. The minimum atomic E-state index is -0.412. The SMILES string of the molecule is CN(C)CCCc1cc(C(=O)Nc2ccccc2C(=O)Nc2cccnc2)nc(-c2ccccc2)n1. The molecule has 4 rings (SSSR count). The molecule has 0 atom stereocenters. The van der Waals surface area contributed by atoms with Gasteiger partial charge in [0.25, 0.3) is 11.8 Å². The van der Waals surface area contributed by atoms with Crippen molar-refractivity contribution >= 4 is 23.2 Å². The smallest absolute Gasteiger partial charge is 0.274 e. The van der Waals surface area contributed by atoms with Crippen LogP contribution in [-0.2, 0) is 6.42 Å². The van der Waals surface area contributed by atoms with Crippen molar-refractivity contribution in [1.82, 2.24) is 19.9 Å². The molecule has 182 valence electrons. The van der Waals surface area contributed by atoms with Gasteiger partial charge in [0, 0.05) is 17.5 Å². The van der Waals surface area contributed by atoms with Gasteiger partial charge in [0.2, 0.25) is 0 Å². The molecule has 2 aromatic heterocycles. The van der Waals surface area contributed by atoms with E-state index in [2.05, 4.69) is 25.5 Å². The molecular weight excluding hydrogens is 452 g/mol. The minimum absolute atomic E-state index is 0.242. The average Bonchev–Trinajstić information content (AvgIpc) is 2.89. The second-order valence-electron chi connectivity index (χ2n) is 8.54. The van der Waals surface area contributed by atoms with Crippen LogP contribution in [0.25, 0.3) is 11.4 Å². The second-order valence-corrected chi connectivity index (χ2v) is 8.54. The fraction of sp³-hybridized carbons (Fsp3) is 0.179. The number of aryl methyl sites for hydroxylation is 1. The maximum Gasteiger partial charge on any atom is 0.274 e. The van der Waals surface area contributed by atoms with E-state index in [0.717, 1.165) is 24.2 Å².